The van der Waals surface area contributed by atoms with Gasteiger partial charge < -0.3 is 10.2 Å². The third-order valence-corrected chi connectivity index (χ3v) is 2.66. The number of nitrogens with zero attached hydrogens (tertiary/aromatic N) is 2. The van der Waals surface area contributed by atoms with E-state index in [2.05, 4.69) is 5.10 Å². The molecule has 2 aromatic heterocycles. The van der Waals surface area contributed by atoms with E-state index in [9.17, 15) is 4.79 Å². The van der Waals surface area contributed by atoms with E-state index in [-0.39, 0.29) is 6.04 Å². The van der Waals surface area contributed by atoms with E-state index in [4.69, 9.17) is 10.2 Å². The van der Waals surface area contributed by atoms with Gasteiger partial charge in [-0.25, -0.2) is 4.79 Å². The predicted octanol–water partition coefficient (Wildman–Crippen LogP) is 0.912. The van der Waals surface area contributed by atoms with Gasteiger partial charge in [-0.3, -0.25) is 0 Å². The van der Waals surface area contributed by atoms with Crippen LogP contribution in [0.3, 0.4) is 0 Å². The average molecular weight is 225 g/mol. The van der Waals surface area contributed by atoms with Crippen LogP contribution in [0.5, 0.6) is 0 Å². The summed E-state index contributed by atoms with van der Waals surface area (Å²) in [7, 11) is 0. The van der Waals surface area contributed by atoms with Crippen LogP contribution >= 0.6 is 11.3 Å². The Morgan fingerprint density at radius 2 is 2.53 bits per heavy atom. The summed E-state index contributed by atoms with van der Waals surface area (Å²) >= 11 is 1.48. The molecule has 1 atom stereocenters. The Morgan fingerprint density at radius 1 is 1.73 bits per heavy atom. The summed E-state index contributed by atoms with van der Waals surface area (Å²) in [5.74, 6) is -0.105. The van der Waals surface area contributed by atoms with Crippen molar-refractivity contribution in [3.63, 3.8) is 0 Å². The van der Waals surface area contributed by atoms with Crippen LogP contribution in [0.4, 0.5) is 0 Å². The lowest BCUT2D eigenvalue weighted by molar-refractivity contribution is 0.460. The molecular formula is C9H11N3O2S. The molecule has 0 saturated heterocycles. The van der Waals surface area contributed by atoms with Crippen molar-refractivity contribution in [1.29, 1.82) is 0 Å². The van der Waals surface area contributed by atoms with Crippen molar-refractivity contribution in [1.82, 2.24) is 9.78 Å². The Bertz CT molecular complexity index is 484. The predicted molar refractivity (Wildman–Crippen MR) is 57.7 cm³/mol. The minimum absolute atomic E-state index is 0.121. The molecule has 0 fully saturated rings. The van der Waals surface area contributed by atoms with Crippen molar-refractivity contribution < 1.29 is 4.42 Å². The second-order valence-electron chi connectivity index (χ2n) is 3.31. The standard InChI is InChI=1S/C9H11N3O2S/c1-6(10)5-12-9(13)14-8(11-12)7-3-2-4-15-7/h2-4,6H,5,10H2,1H3/t6-/m0/s1. The highest BCUT2D eigenvalue weighted by molar-refractivity contribution is 7.13. The molecule has 0 amide bonds. The van der Waals surface area contributed by atoms with Gasteiger partial charge in [-0.2, -0.15) is 4.68 Å². The number of rotatable bonds is 3. The molecule has 0 aliphatic carbocycles. The molecule has 0 aromatic carbocycles. The number of thiophene rings is 1. The van der Waals surface area contributed by atoms with Gasteiger partial charge in [0.25, 0.3) is 5.89 Å². The minimum Gasteiger partial charge on any atom is -0.387 e. The van der Waals surface area contributed by atoms with Crippen LogP contribution < -0.4 is 11.5 Å². The van der Waals surface area contributed by atoms with Gasteiger partial charge >= 0.3 is 5.76 Å². The zero-order valence-electron chi connectivity index (χ0n) is 8.21. The smallest absolute Gasteiger partial charge is 0.387 e. The Kier molecular flexibility index (Phi) is 2.70. The summed E-state index contributed by atoms with van der Waals surface area (Å²) in [6.45, 7) is 2.18. The highest BCUT2D eigenvalue weighted by Gasteiger charge is 2.11. The molecule has 0 saturated carbocycles. The first kappa shape index (κ1) is 10.1. The second kappa shape index (κ2) is 4.00. The molecule has 6 heteroatoms. The third kappa shape index (κ3) is 2.16. The molecule has 0 unspecified atom stereocenters. The van der Waals surface area contributed by atoms with E-state index in [1.54, 1.807) is 0 Å². The second-order valence-corrected chi connectivity index (χ2v) is 4.26. The van der Waals surface area contributed by atoms with Crippen LogP contribution in [-0.4, -0.2) is 15.8 Å². The van der Waals surface area contributed by atoms with Crippen LogP contribution in [0.15, 0.2) is 26.7 Å². The molecule has 0 spiro atoms. The molecule has 5 nitrogen and oxygen atoms in total. The zero-order chi connectivity index (χ0) is 10.8. The molecule has 80 valence electrons. The van der Waals surface area contributed by atoms with Gasteiger partial charge in [-0.05, 0) is 18.4 Å². The molecule has 0 radical (unpaired) electrons. The van der Waals surface area contributed by atoms with Gasteiger partial charge in [-0.15, -0.1) is 16.4 Å². The highest BCUT2D eigenvalue weighted by atomic mass is 32.1. The van der Waals surface area contributed by atoms with Gasteiger partial charge in [-0.1, -0.05) is 6.07 Å². The van der Waals surface area contributed by atoms with E-state index in [0.717, 1.165) is 4.88 Å². The fourth-order valence-electron chi connectivity index (χ4n) is 1.19. The van der Waals surface area contributed by atoms with Gasteiger partial charge in [0.15, 0.2) is 0 Å². The van der Waals surface area contributed by atoms with Gasteiger partial charge in [0.2, 0.25) is 0 Å². The Balaban J connectivity index is 2.33. The first-order chi connectivity index (χ1) is 7.16. The maximum Gasteiger partial charge on any atom is 0.437 e. The van der Waals surface area contributed by atoms with Crippen molar-refractivity contribution >= 4 is 11.3 Å². The maximum absolute atomic E-state index is 11.4. The normalized spacial score (nSPS) is 12.9. The van der Waals surface area contributed by atoms with Crippen LogP contribution in [0.2, 0.25) is 0 Å². The Hall–Kier alpha value is -1.40. The lowest BCUT2D eigenvalue weighted by Gasteiger charge is -2.00. The molecule has 2 aromatic rings. The molecule has 0 aliphatic rings. The first-order valence-corrected chi connectivity index (χ1v) is 5.42. The van der Waals surface area contributed by atoms with E-state index in [1.807, 2.05) is 24.4 Å². The van der Waals surface area contributed by atoms with E-state index >= 15 is 0 Å². The first-order valence-electron chi connectivity index (χ1n) is 4.54. The largest absolute Gasteiger partial charge is 0.437 e. The summed E-state index contributed by atoms with van der Waals surface area (Å²) in [5.41, 5.74) is 5.58. The van der Waals surface area contributed by atoms with Crippen molar-refractivity contribution in [2.24, 2.45) is 5.73 Å². The van der Waals surface area contributed by atoms with Crippen LogP contribution in [0.1, 0.15) is 6.92 Å². The zero-order valence-corrected chi connectivity index (χ0v) is 9.03. The molecule has 0 aliphatic heterocycles. The van der Waals surface area contributed by atoms with Crippen LogP contribution in [-0.2, 0) is 6.54 Å². The van der Waals surface area contributed by atoms with Gasteiger partial charge in [0.1, 0.15) is 0 Å². The van der Waals surface area contributed by atoms with Crippen LogP contribution in [0, 0.1) is 0 Å². The fraction of sp³-hybridized carbons (Fsp3) is 0.333. The van der Waals surface area contributed by atoms with Crippen molar-refractivity contribution in [3.8, 4) is 10.8 Å². The summed E-state index contributed by atoms with van der Waals surface area (Å²) in [6, 6.07) is 3.61. The molecule has 2 rings (SSSR count). The molecule has 2 heterocycles. The van der Waals surface area contributed by atoms with Crippen molar-refractivity contribution in [2.75, 3.05) is 0 Å². The maximum atomic E-state index is 11.4. The topological polar surface area (TPSA) is 74.1 Å². The number of nitrogens with two attached hydrogens (primary N) is 1. The average Bonchev–Trinajstić information content (AvgIpc) is 2.75. The van der Waals surface area contributed by atoms with Crippen LogP contribution in [0.25, 0.3) is 10.8 Å². The molecule has 2 N–H and O–H groups in total. The van der Waals surface area contributed by atoms with E-state index < -0.39 is 5.76 Å². The lowest BCUT2D eigenvalue weighted by Crippen LogP contribution is -2.28. The SMILES string of the molecule is C[C@H](N)Cn1nc(-c2cccs2)oc1=O. The minimum atomic E-state index is -0.462. The van der Waals surface area contributed by atoms with Gasteiger partial charge in [0.05, 0.1) is 11.4 Å². The Morgan fingerprint density at radius 3 is 3.13 bits per heavy atom. The van der Waals surface area contributed by atoms with Gasteiger partial charge in [0, 0.05) is 6.04 Å². The summed E-state index contributed by atoms with van der Waals surface area (Å²) in [4.78, 5) is 12.2. The highest BCUT2D eigenvalue weighted by Crippen LogP contribution is 2.20. The summed E-state index contributed by atoms with van der Waals surface area (Å²) in [6.07, 6.45) is 0. The third-order valence-electron chi connectivity index (χ3n) is 1.80. The monoisotopic (exact) mass is 225 g/mol. The quantitative estimate of drug-likeness (QED) is 0.842. The summed E-state index contributed by atoms with van der Waals surface area (Å²) in [5, 5.41) is 5.96. The van der Waals surface area contributed by atoms with E-state index in [0.29, 0.717) is 12.4 Å². The van der Waals surface area contributed by atoms with Crippen molar-refractivity contribution in [2.45, 2.75) is 19.5 Å². The Labute approximate surface area is 90.1 Å². The molecule has 0 bridgehead atoms. The molecular weight excluding hydrogens is 214 g/mol. The van der Waals surface area contributed by atoms with Crippen molar-refractivity contribution in [3.05, 3.63) is 28.1 Å². The number of aromatic nitrogens is 2. The fourth-order valence-corrected chi connectivity index (χ4v) is 1.84. The van der Waals surface area contributed by atoms with E-state index in [1.165, 1.54) is 16.0 Å². The lowest BCUT2D eigenvalue weighted by atomic mass is 10.4. The number of hydrogen-bond donors (Lipinski definition) is 1. The number of hydrogen-bond acceptors (Lipinski definition) is 5. The summed E-state index contributed by atoms with van der Waals surface area (Å²) < 4.78 is 6.26. The molecule has 15 heavy (non-hydrogen) atoms.